The van der Waals surface area contributed by atoms with Crippen LogP contribution in [-0.2, 0) is 40.8 Å². The molecule has 117 heavy (non-hydrogen) atoms. The van der Waals surface area contributed by atoms with Crippen molar-refractivity contribution in [2.45, 2.75) is 75.1 Å². The number of aryl methyl sites for hydroxylation is 3. The molecule has 0 radical (unpaired) electrons. The van der Waals surface area contributed by atoms with Gasteiger partial charge in [-0.3, -0.25) is 33.7 Å². The number of hydrogen-bond acceptors (Lipinski definition) is 20. The highest BCUT2D eigenvalue weighted by Crippen LogP contribution is 2.42. The lowest BCUT2D eigenvalue weighted by Gasteiger charge is -2.56. The second-order valence-electron chi connectivity index (χ2n) is 30.9. The van der Waals surface area contributed by atoms with E-state index in [0.29, 0.717) is 58.6 Å². The van der Waals surface area contributed by atoms with Crippen molar-refractivity contribution in [3.8, 4) is 122 Å². The third kappa shape index (κ3) is 13.9. The highest BCUT2D eigenvalue weighted by atomic mass is 15.4. The summed E-state index contributed by atoms with van der Waals surface area (Å²) >= 11 is 0. The smallest absolute Gasteiger partial charge is 0.128 e. The van der Waals surface area contributed by atoms with Crippen LogP contribution in [0.25, 0.3) is 83.3 Å². The van der Waals surface area contributed by atoms with Crippen molar-refractivity contribution in [2.24, 2.45) is 21.1 Å². The predicted octanol–water partition coefficient (Wildman–Crippen LogP) is 11.1. The van der Waals surface area contributed by atoms with Crippen LogP contribution in [0, 0.1) is 71.0 Å². The largest absolute Gasteiger partial charge is 0.353 e. The molecule has 9 saturated heterocycles. The third-order valence-corrected chi connectivity index (χ3v) is 23.6. The zero-order valence-corrected chi connectivity index (χ0v) is 64.4. The molecule has 0 spiro atoms. The molecule has 0 N–H and O–H groups in total. The Morgan fingerprint density at radius 2 is 0.709 bits per heavy atom. The summed E-state index contributed by atoms with van der Waals surface area (Å²) in [6.45, 7) is 8.41. The van der Waals surface area contributed by atoms with Gasteiger partial charge < -0.3 is 14.7 Å². The normalized spacial score (nSPS) is 18.5. The summed E-state index contributed by atoms with van der Waals surface area (Å²) in [6.07, 6.45) is 53.4. The zero-order chi connectivity index (χ0) is 79.5. The molecule has 26 heteroatoms. The molecule has 6 atom stereocenters. The standard InChI is InChI=1S/C31H26N8.2C30H25N9/c1-3-21-4-6-22(7-5-21)16-38-27-11-28(38)20-37(19-27)30-9-8-23(13-33-30)29-10-24(26-15-34-36(2)17-26)18-39-31(29)25(12-32)14-35-39;1-3-25-6-4-20(11-32-25)15-38-26-9-27(38)19-37(18-26)29-7-5-21(12-33-29)28-8-22(24-14-34-36(2)16-24)17-39-30(28)23(10-31)13-35-39;1-3-20-6-21(11-32-10-20)15-38-26-8-27(38)19-37(18-26)29-5-4-22(12-33-29)28-7-23(25-14-34-36(2)16-25)17-39-30(28)24(9-31)13-35-39/h1,4-10,13-15,17-18,27-28H,11,16,19-20H2,2H3;1,4-8,11-14,16-17,26-27H,9,15,18-19H2,2H3;1,4-7,10-14,16-17,26-27H,8,15,18-19H2,2H3. The van der Waals surface area contributed by atoms with Gasteiger partial charge in [-0.15, -0.1) is 19.3 Å². The van der Waals surface area contributed by atoms with Crippen LogP contribution in [0.15, 0.2) is 209 Å². The molecule has 9 aliphatic heterocycles. The van der Waals surface area contributed by atoms with E-state index in [9.17, 15) is 15.8 Å². The molecule has 6 unspecified atom stereocenters. The summed E-state index contributed by atoms with van der Waals surface area (Å²) in [6, 6.07) is 43.0. The maximum Gasteiger partial charge on any atom is 0.128 e. The Bertz CT molecular complexity index is 6280. The molecule has 0 saturated carbocycles. The summed E-state index contributed by atoms with van der Waals surface area (Å²) in [5.41, 5.74) is 21.5. The number of fused-ring (bicyclic) bond motifs is 9. The molecule has 9 fully saturated rings. The number of terminal acetylenes is 3. The average molecular weight is 1530 g/mol. The quantitative estimate of drug-likeness (QED) is 0.0864. The molecule has 0 aliphatic carbocycles. The van der Waals surface area contributed by atoms with Gasteiger partial charge in [-0.1, -0.05) is 36.0 Å². The zero-order valence-electron chi connectivity index (χ0n) is 64.4. The molecule has 15 aromatic rings. The summed E-state index contributed by atoms with van der Waals surface area (Å²) in [7, 11) is 5.69. The molecule has 23 heterocycles. The molecule has 14 aromatic heterocycles. The van der Waals surface area contributed by atoms with Crippen LogP contribution in [0.1, 0.15) is 69.5 Å². The SMILES string of the molecule is C#Cc1ccc(CN2C3CC2CN(c2ccc(-c4cc(-c5cnn(C)c5)cn5ncc(C#N)c45)cn2)C3)cc1.C#Cc1ccc(CN2C3CC2CN(c2ccc(-c4cc(-c5cnn(C)c5)cn5ncc(C#N)c45)cn2)C3)cn1.C#Cc1cncc(CN2C3CC2CN(c2ccc(-c4cc(-c5cnn(C)c5)cn5ncc(C#N)c45)cn2)C3)c1. The minimum atomic E-state index is 0.487. The number of aromatic nitrogens is 17. The number of nitriles is 3. The monoisotopic (exact) mass is 1530 g/mol. The first-order chi connectivity index (χ1) is 57.3. The number of benzene rings is 1. The Labute approximate surface area is 675 Å². The summed E-state index contributed by atoms with van der Waals surface area (Å²) in [5.74, 6) is 10.9. The number of piperidine rings is 3. The van der Waals surface area contributed by atoms with E-state index in [-0.39, 0.29) is 0 Å². The van der Waals surface area contributed by atoms with Gasteiger partial charge >= 0.3 is 0 Å². The van der Waals surface area contributed by atoms with Gasteiger partial charge in [0.1, 0.15) is 41.4 Å². The Morgan fingerprint density at radius 1 is 0.333 bits per heavy atom. The fourth-order valence-electron chi connectivity index (χ4n) is 17.6. The first-order valence-electron chi connectivity index (χ1n) is 38.8. The molecule has 6 bridgehead atoms. The maximum atomic E-state index is 9.72. The van der Waals surface area contributed by atoms with Crippen LogP contribution in [0.4, 0.5) is 17.5 Å². The molecule has 0 amide bonds. The number of piperazine rings is 3. The predicted molar refractivity (Wildman–Crippen MR) is 445 cm³/mol. The van der Waals surface area contributed by atoms with E-state index < -0.39 is 0 Å². The fourth-order valence-corrected chi connectivity index (χ4v) is 17.6. The molecule has 26 nitrogen and oxygen atoms in total. The average Bonchev–Trinajstić information content (AvgIpc) is 1.76. The molecule has 1 aromatic carbocycles. The van der Waals surface area contributed by atoms with Crippen molar-refractivity contribution in [1.82, 2.24) is 97.8 Å². The lowest BCUT2D eigenvalue weighted by atomic mass is 9.86. The minimum Gasteiger partial charge on any atom is -0.353 e. The molecule has 570 valence electrons. The highest BCUT2D eigenvalue weighted by Gasteiger charge is 2.47. The Hall–Kier alpha value is -14.9. The number of anilines is 3. The third-order valence-electron chi connectivity index (χ3n) is 23.6. The topological polar surface area (TPSA) is 261 Å². The lowest BCUT2D eigenvalue weighted by Crippen LogP contribution is -2.68. The van der Waals surface area contributed by atoms with Gasteiger partial charge in [0, 0.05) is 269 Å². The van der Waals surface area contributed by atoms with Gasteiger partial charge in [-0.25, -0.2) is 33.5 Å². The number of hydrogen-bond donors (Lipinski definition) is 0. The minimum absolute atomic E-state index is 0.487. The van der Waals surface area contributed by atoms with Crippen LogP contribution < -0.4 is 14.7 Å². The van der Waals surface area contributed by atoms with Gasteiger partial charge in [0.05, 0.1) is 70.4 Å². The Balaban J connectivity index is 0.000000117. The number of rotatable bonds is 15. The molecular weight excluding hydrogens is 1460 g/mol. The maximum absolute atomic E-state index is 9.72. The second-order valence-corrected chi connectivity index (χ2v) is 30.9. The first kappa shape index (κ1) is 72.4. The van der Waals surface area contributed by atoms with Crippen molar-refractivity contribution >= 4 is 34.0 Å². The van der Waals surface area contributed by atoms with Crippen LogP contribution in [0.5, 0.6) is 0 Å². The highest BCUT2D eigenvalue weighted by molar-refractivity contribution is 5.90. The van der Waals surface area contributed by atoms with Crippen LogP contribution >= 0.6 is 0 Å². The van der Waals surface area contributed by atoms with Gasteiger partial charge in [0.15, 0.2) is 0 Å². The van der Waals surface area contributed by atoms with E-state index in [2.05, 4.69) is 185 Å². The first-order valence-corrected chi connectivity index (χ1v) is 38.8. The van der Waals surface area contributed by atoms with Crippen molar-refractivity contribution in [3.05, 3.63) is 259 Å². The van der Waals surface area contributed by atoms with Crippen LogP contribution in [-0.4, -0.2) is 173 Å². The Kier molecular flexibility index (Phi) is 18.7. The van der Waals surface area contributed by atoms with Crippen molar-refractivity contribution in [2.75, 3.05) is 54.0 Å². The lowest BCUT2D eigenvalue weighted by molar-refractivity contribution is -0.00878. The fraction of sp³-hybridized carbons (Fsp3) is 0.231. The van der Waals surface area contributed by atoms with Gasteiger partial charge in [-0.2, -0.15) is 46.4 Å². The van der Waals surface area contributed by atoms with Crippen molar-refractivity contribution in [1.29, 1.82) is 15.8 Å². The molecular formula is C91H76N26. The van der Waals surface area contributed by atoms with Gasteiger partial charge in [-0.05, 0) is 115 Å². The van der Waals surface area contributed by atoms with E-state index in [1.807, 2.05) is 126 Å². The summed E-state index contributed by atoms with van der Waals surface area (Å²) in [4.78, 5) is 38.1. The molecule has 9 aliphatic rings. The van der Waals surface area contributed by atoms with Crippen molar-refractivity contribution in [3.63, 3.8) is 0 Å². The van der Waals surface area contributed by atoms with Gasteiger partial charge in [0.2, 0.25) is 0 Å². The number of pyridine rings is 8. The Morgan fingerprint density at radius 3 is 1.03 bits per heavy atom. The second kappa shape index (κ2) is 30.2. The van der Waals surface area contributed by atoms with E-state index in [1.165, 1.54) is 30.4 Å². The van der Waals surface area contributed by atoms with Crippen LogP contribution in [0.3, 0.4) is 0 Å². The van der Waals surface area contributed by atoms with Gasteiger partial charge in [0.25, 0.3) is 0 Å². The van der Waals surface area contributed by atoms with E-state index in [1.54, 1.807) is 52.4 Å². The van der Waals surface area contributed by atoms with E-state index >= 15 is 0 Å². The molecule has 24 rings (SSSR count). The van der Waals surface area contributed by atoms with Crippen molar-refractivity contribution < 1.29 is 0 Å². The summed E-state index contributed by atoms with van der Waals surface area (Å²) in [5, 5.41) is 55.4. The number of nitrogens with zero attached hydrogens (tertiary/aromatic N) is 26. The van der Waals surface area contributed by atoms with E-state index in [4.69, 9.17) is 34.2 Å². The summed E-state index contributed by atoms with van der Waals surface area (Å²) < 4.78 is 10.6. The van der Waals surface area contributed by atoms with E-state index in [0.717, 1.165) is 176 Å². The van der Waals surface area contributed by atoms with Crippen LogP contribution in [0.2, 0.25) is 0 Å².